The number of esters is 1. The Bertz CT molecular complexity index is 1170. The molecule has 0 bridgehead atoms. The number of aromatic nitrogens is 3. The SMILES string of the molecule is CCOC(=O)c1c(/C=C/C(=O)Nc2c(C)nn(-c3ccccc3)c2C)c(C)n(CC)c1C. The first-order chi connectivity index (χ1) is 15.3. The van der Waals surface area contributed by atoms with Gasteiger partial charge in [-0.25, -0.2) is 9.48 Å². The topological polar surface area (TPSA) is 78.2 Å². The van der Waals surface area contributed by atoms with Crippen molar-refractivity contribution in [2.45, 2.75) is 48.1 Å². The summed E-state index contributed by atoms with van der Waals surface area (Å²) in [5.41, 5.74) is 6.12. The quantitative estimate of drug-likeness (QED) is 0.430. The van der Waals surface area contributed by atoms with Crippen molar-refractivity contribution in [2.24, 2.45) is 0 Å². The highest BCUT2D eigenvalue weighted by Crippen LogP contribution is 2.26. The van der Waals surface area contributed by atoms with E-state index < -0.39 is 0 Å². The number of nitrogens with one attached hydrogen (secondary N) is 1. The number of benzene rings is 1. The lowest BCUT2D eigenvalue weighted by Crippen LogP contribution is -2.10. The molecule has 7 nitrogen and oxygen atoms in total. The van der Waals surface area contributed by atoms with E-state index in [1.54, 1.807) is 13.0 Å². The molecule has 1 N–H and O–H groups in total. The van der Waals surface area contributed by atoms with Crippen molar-refractivity contribution in [3.8, 4) is 5.69 Å². The molecular formula is C25H30N4O3. The second-order valence-corrected chi connectivity index (χ2v) is 7.54. The predicted octanol–water partition coefficient (Wildman–Crippen LogP) is 4.76. The zero-order valence-corrected chi connectivity index (χ0v) is 19.5. The van der Waals surface area contributed by atoms with Gasteiger partial charge in [-0.1, -0.05) is 18.2 Å². The molecule has 0 aliphatic carbocycles. The van der Waals surface area contributed by atoms with E-state index in [0.717, 1.165) is 35.0 Å². The maximum Gasteiger partial charge on any atom is 0.340 e. The van der Waals surface area contributed by atoms with Gasteiger partial charge in [0.2, 0.25) is 5.91 Å². The fourth-order valence-electron chi connectivity index (χ4n) is 4.01. The van der Waals surface area contributed by atoms with E-state index in [9.17, 15) is 9.59 Å². The van der Waals surface area contributed by atoms with Gasteiger partial charge in [0.05, 0.1) is 34.9 Å². The summed E-state index contributed by atoms with van der Waals surface area (Å²) in [6.45, 7) is 12.4. The van der Waals surface area contributed by atoms with E-state index in [1.165, 1.54) is 6.08 Å². The fourth-order valence-corrected chi connectivity index (χ4v) is 4.01. The van der Waals surface area contributed by atoms with Crippen LogP contribution in [0.3, 0.4) is 0 Å². The van der Waals surface area contributed by atoms with Crippen LogP contribution < -0.4 is 5.32 Å². The molecule has 0 fully saturated rings. The molecule has 1 aromatic carbocycles. The molecular weight excluding hydrogens is 404 g/mol. The highest BCUT2D eigenvalue weighted by Gasteiger charge is 2.22. The number of ether oxygens (including phenoxy) is 1. The Kier molecular flexibility index (Phi) is 6.98. The van der Waals surface area contributed by atoms with Gasteiger partial charge in [0.25, 0.3) is 0 Å². The number of aryl methyl sites for hydroxylation is 1. The van der Waals surface area contributed by atoms with Gasteiger partial charge in [-0.05, 0) is 59.8 Å². The third kappa shape index (κ3) is 4.37. The van der Waals surface area contributed by atoms with Crippen LogP contribution in [0, 0.1) is 27.7 Å². The molecule has 2 aromatic heterocycles. The number of rotatable bonds is 7. The molecule has 168 valence electrons. The minimum absolute atomic E-state index is 0.292. The lowest BCUT2D eigenvalue weighted by atomic mass is 10.1. The average molecular weight is 435 g/mol. The van der Waals surface area contributed by atoms with E-state index in [1.807, 2.05) is 74.2 Å². The van der Waals surface area contributed by atoms with Gasteiger partial charge in [-0.2, -0.15) is 5.10 Å². The van der Waals surface area contributed by atoms with Crippen LogP contribution in [0.4, 0.5) is 5.69 Å². The van der Waals surface area contributed by atoms with Gasteiger partial charge in [0, 0.05) is 29.6 Å². The molecule has 7 heteroatoms. The molecule has 3 rings (SSSR count). The summed E-state index contributed by atoms with van der Waals surface area (Å²) in [7, 11) is 0. The molecule has 0 atom stereocenters. The molecule has 2 heterocycles. The molecule has 3 aromatic rings. The van der Waals surface area contributed by atoms with Crippen molar-refractivity contribution in [2.75, 3.05) is 11.9 Å². The zero-order valence-electron chi connectivity index (χ0n) is 19.5. The Morgan fingerprint density at radius 3 is 2.34 bits per heavy atom. The first-order valence-corrected chi connectivity index (χ1v) is 10.8. The fraction of sp³-hybridized carbons (Fsp3) is 0.320. The van der Waals surface area contributed by atoms with Crippen molar-refractivity contribution >= 4 is 23.6 Å². The van der Waals surface area contributed by atoms with Crippen LogP contribution in [0.5, 0.6) is 0 Å². The monoisotopic (exact) mass is 434 g/mol. The molecule has 0 unspecified atom stereocenters. The van der Waals surface area contributed by atoms with Crippen molar-refractivity contribution in [3.05, 3.63) is 70.3 Å². The lowest BCUT2D eigenvalue weighted by Gasteiger charge is -2.06. The van der Waals surface area contributed by atoms with Crippen LogP contribution in [0.25, 0.3) is 11.8 Å². The number of carbonyl (C=O) groups excluding carboxylic acids is 2. The summed E-state index contributed by atoms with van der Waals surface area (Å²) < 4.78 is 9.09. The van der Waals surface area contributed by atoms with E-state index in [-0.39, 0.29) is 11.9 Å². The highest BCUT2D eigenvalue weighted by molar-refractivity contribution is 6.04. The van der Waals surface area contributed by atoms with Crippen molar-refractivity contribution in [1.82, 2.24) is 14.3 Å². The average Bonchev–Trinajstić information content (AvgIpc) is 3.19. The summed E-state index contributed by atoms with van der Waals surface area (Å²) >= 11 is 0. The van der Waals surface area contributed by atoms with E-state index in [4.69, 9.17) is 4.74 Å². The summed E-state index contributed by atoms with van der Waals surface area (Å²) in [5.74, 6) is -0.670. The first kappa shape index (κ1) is 23.1. The summed E-state index contributed by atoms with van der Waals surface area (Å²) in [4.78, 5) is 25.3. The maximum atomic E-state index is 12.8. The highest BCUT2D eigenvalue weighted by atomic mass is 16.5. The van der Waals surface area contributed by atoms with Crippen LogP contribution in [0.1, 0.15) is 52.5 Å². The Labute approximate surface area is 188 Å². The number of hydrogen-bond acceptors (Lipinski definition) is 4. The largest absolute Gasteiger partial charge is 0.462 e. The van der Waals surface area contributed by atoms with Crippen LogP contribution in [-0.2, 0) is 16.1 Å². The number of amides is 1. The van der Waals surface area contributed by atoms with Gasteiger partial charge >= 0.3 is 5.97 Å². The summed E-state index contributed by atoms with van der Waals surface area (Å²) in [5, 5.41) is 7.50. The van der Waals surface area contributed by atoms with Crippen LogP contribution in [0.15, 0.2) is 36.4 Å². The standard InChI is InChI=1S/C25H30N4O3/c1-7-28-17(4)21(23(18(28)5)25(31)32-8-2)14-15-22(30)26-24-16(3)27-29(19(24)6)20-12-10-9-11-13-20/h9-15H,7-8H2,1-6H3,(H,26,30)/b15-14+. The van der Waals surface area contributed by atoms with Gasteiger partial charge in [-0.15, -0.1) is 0 Å². The Morgan fingerprint density at radius 1 is 1.03 bits per heavy atom. The van der Waals surface area contributed by atoms with Gasteiger partial charge in [-0.3, -0.25) is 4.79 Å². The molecule has 0 radical (unpaired) electrons. The van der Waals surface area contributed by atoms with Gasteiger partial charge in [0.15, 0.2) is 0 Å². The van der Waals surface area contributed by atoms with Crippen LogP contribution in [-0.4, -0.2) is 32.8 Å². The molecule has 32 heavy (non-hydrogen) atoms. The van der Waals surface area contributed by atoms with E-state index in [0.29, 0.717) is 23.4 Å². The smallest absolute Gasteiger partial charge is 0.340 e. The Hall–Kier alpha value is -3.61. The minimum atomic E-state index is -0.379. The molecule has 0 saturated carbocycles. The summed E-state index contributed by atoms with van der Waals surface area (Å²) in [6.07, 6.45) is 3.13. The normalized spacial score (nSPS) is 11.2. The van der Waals surface area contributed by atoms with Crippen molar-refractivity contribution < 1.29 is 14.3 Å². The minimum Gasteiger partial charge on any atom is -0.462 e. The molecule has 0 saturated heterocycles. The third-order valence-electron chi connectivity index (χ3n) is 5.57. The lowest BCUT2D eigenvalue weighted by molar-refractivity contribution is -0.111. The third-order valence-corrected chi connectivity index (χ3v) is 5.57. The Morgan fingerprint density at radius 2 is 1.72 bits per heavy atom. The number of carbonyl (C=O) groups is 2. The molecule has 0 spiro atoms. The molecule has 0 aliphatic rings. The number of hydrogen-bond donors (Lipinski definition) is 1. The molecule has 0 aliphatic heterocycles. The number of anilines is 1. The van der Waals surface area contributed by atoms with Crippen LogP contribution in [0.2, 0.25) is 0 Å². The van der Waals surface area contributed by atoms with Gasteiger partial charge in [0.1, 0.15) is 0 Å². The molecule has 1 amide bonds. The van der Waals surface area contributed by atoms with Crippen molar-refractivity contribution in [3.63, 3.8) is 0 Å². The summed E-state index contributed by atoms with van der Waals surface area (Å²) in [6, 6.07) is 9.76. The van der Waals surface area contributed by atoms with E-state index in [2.05, 4.69) is 10.4 Å². The number of para-hydroxylation sites is 1. The predicted molar refractivity (Wildman–Crippen MR) is 126 cm³/mol. The van der Waals surface area contributed by atoms with Crippen molar-refractivity contribution in [1.29, 1.82) is 0 Å². The second kappa shape index (κ2) is 9.68. The second-order valence-electron chi connectivity index (χ2n) is 7.54. The van der Waals surface area contributed by atoms with E-state index >= 15 is 0 Å². The van der Waals surface area contributed by atoms with Crippen LogP contribution >= 0.6 is 0 Å². The zero-order chi connectivity index (χ0) is 23.4. The first-order valence-electron chi connectivity index (χ1n) is 10.8. The maximum absolute atomic E-state index is 12.8. The Balaban J connectivity index is 1.89. The van der Waals surface area contributed by atoms with Gasteiger partial charge < -0.3 is 14.6 Å². The number of nitrogens with zero attached hydrogens (tertiary/aromatic N) is 3.